The molecule has 0 unspecified atom stereocenters. The molecule has 4 heterocycles. The van der Waals surface area contributed by atoms with E-state index in [4.69, 9.17) is 31.5 Å². The smallest absolute Gasteiger partial charge is 0.164 e. The molecule has 0 aliphatic carbocycles. The summed E-state index contributed by atoms with van der Waals surface area (Å²) in [6.07, 6.45) is 0.273. The van der Waals surface area contributed by atoms with Crippen LogP contribution in [-0.2, 0) is 14.2 Å². The van der Waals surface area contributed by atoms with E-state index < -0.39 is 36.4 Å². The number of aliphatic hydroxyl groups is 1. The summed E-state index contributed by atoms with van der Waals surface area (Å²) in [6, 6.07) is 8.86. The molecule has 3 N–H and O–H groups in total. The maximum Gasteiger partial charge on any atom is 0.164 e. The molecule has 5 atom stereocenters. The van der Waals surface area contributed by atoms with Crippen LogP contribution in [0.3, 0.4) is 0 Å². The molecule has 9 heteroatoms. The highest BCUT2D eigenvalue weighted by Crippen LogP contribution is 2.47. The molecular weight excluding hydrogens is 396 g/mol. The highest BCUT2D eigenvalue weighted by Gasteiger charge is 2.58. The summed E-state index contributed by atoms with van der Waals surface area (Å²) in [6.45, 7) is 3.70. The minimum absolute atomic E-state index is 0.393. The second-order valence-corrected chi connectivity index (χ2v) is 8.21. The number of aromatic nitrogens is 3. The van der Waals surface area contributed by atoms with E-state index in [0.717, 1.165) is 5.39 Å². The summed E-state index contributed by atoms with van der Waals surface area (Å²) in [7, 11) is 0. The predicted molar refractivity (Wildman–Crippen MR) is 106 cm³/mol. The van der Waals surface area contributed by atoms with Crippen molar-refractivity contribution in [2.75, 3.05) is 5.73 Å². The fourth-order valence-corrected chi connectivity index (χ4v) is 4.26. The van der Waals surface area contributed by atoms with E-state index in [2.05, 4.69) is 9.97 Å². The first kappa shape index (κ1) is 18.8. The number of hydrogen-bond donors (Lipinski definition) is 2. The maximum atomic E-state index is 11.0. The van der Waals surface area contributed by atoms with Crippen molar-refractivity contribution in [2.24, 2.45) is 0 Å². The van der Waals surface area contributed by atoms with Crippen LogP contribution in [0.15, 0.2) is 42.9 Å². The van der Waals surface area contributed by atoms with Crippen LogP contribution >= 0.6 is 11.6 Å². The molecule has 1 aromatic carbocycles. The van der Waals surface area contributed by atoms with Gasteiger partial charge in [0.25, 0.3) is 0 Å². The van der Waals surface area contributed by atoms with Crippen LogP contribution in [-0.4, -0.2) is 43.7 Å². The number of anilines is 1. The third-order valence-corrected chi connectivity index (χ3v) is 5.65. The molecule has 3 aromatic rings. The Morgan fingerprint density at radius 3 is 2.62 bits per heavy atom. The lowest BCUT2D eigenvalue weighted by Gasteiger charge is -2.27. The highest BCUT2D eigenvalue weighted by molar-refractivity contribution is 6.30. The van der Waals surface area contributed by atoms with Crippen molar-refractivity contribution in [3.8, 4) is 0 Å². The highest BCUT2D eigenvalue weighted by atomic mass is 35.5. The monoisotopic (exact) mass is 416 g/mol. The molecule has 0 saturated carbocycles. The maximum absolute atomic E-state index is 11.0. The van der Waals surface area contributed by atoms with E-state index in [-0.39, 0.29) is 0 Å². The van der Waals surface area contributed by atoms with E-state index in [1.54, 1.807) is 24.3 Å². The van der Waals surface area contributed by atoms with Gasteiger partial charge in [-0.3, -0.25) is 0 Å². The van der Waals surface area contributed by atoms with Crippen molar-refractivity contribution in [1.29, 1.82) is 0 Å². The minimum atomic E-state index is -0.913. The van der Waals surface area contributed by atoms with Crippen LogP contribution in [0, 0.1) is 0 Å². The van der Waals surface area contributed by atoms with E-state index in [1.807, 2.05) is 30.7 Å². The summed E-state index contributed by atoms with van der Waals surface area (Å²) in [5.74, 6) is -0.406. The van der Waals surface area contributed by atoms with Crippen molar-refractivity contribution < 1.29 is 19.3 Å². The van der Waals surface area contributed by atoms with Gasteiger partial charge in [0, 0.05) is 11.2 Å². The van der Waals surface area contributed by atoms with Gasteiger partial charge in [-0.25, -0.2) is 9.97 Å². The third-order valence-electron chi connectivity index (χ3n) is 5.40. The zero-order valence-corrected chi connectivity index (χ0v) is 16.7. The van der Waals surface area contributed by atoms with E-state index in [0.29, 0.717) is 22.1 Å². The van der Waals surface area contributed by atoms with Crippen LogP contribution < -0.4 is 5.73 Å². The Balaban J connectivity index is 1.53. The molecule has 0 spiro atoms. The number of fused-ring (bicyclic) bond motifs is 2. The third kappa shape index (κ3) is 3.08. The number of ether oxygens (including phenoxy) is 3. The Morgan fingerprint density at radius 1 is 1.14 bits per heavy atom. The molecule has 0 amide bonds. The van der Waals surface area contributed by atoms with Gasteiger partial charge < -0.3 is 29.6 Å². The van der Waals surface area contributed by atoms with Crippen molar-refractivity contribution >= 4 is 28.5 Å². The first-order chi connectivity index (χ1) is 13.8. The van der Waals surface area contributed by atoms with Gasteiger partial charge in [0.05, 0.1) is 5.39 Å². The van der Waals surface area contributed by atoms with E-state index in [1.165, 1.54) is 6.33 Å². The Kier molecular flexibility index (Phi) is 4.30. The quantitative estimate of drug-likeness (QED) is 0.676. The number of nitrogen functional groups attached to an aromatic ring is 1. The van der Waals surface area contributed by atoms with Gasteiger partial charge in [-0.15, -0.1) is 0 Å². The number of hydrogen-bond acceptors (Lipinski definition) is 7. The van der Waals surface area contributed by atoms with Crippen LogP contribution in [0.4, 0.5) is 5.82 Å². The lowest BCUT2D eigenvalue weighted by atomic mass is 9.99. The van der Waals surface area contributed by atoms with Gasteiger partial charge in [0.2, 0.25) is 0 Å². The normalized spacial score (nSPS) is 29.2. The molecule has 2 aliphatic rings. The lowest BCUT2D eigenvalue weighted by Crippen LogP contribution is -2.34. The summed E-state index contributed by atoms with van der Waals surface area (Å²) < 4.78 is 20.4. The fraction of sp³-hybridized carbons (Fsp3) is 0.400. The molecule has 29 heavy (non-hydrogen) atoms. The molecule has 152 valence electrons. The van der Waals surface area contributed by atoms with Crippen LogP contribution in [0.1, 0.15) is 31.7 Å². The van der Waals surface area contributed by atoms with Crippen LogP contribution in [0.5, 0.6) is 0 Å². The van der Waals surface area contributed by atoms with E-state index >= 15 is 0 Å². The van der Waals surface area contributed by atoms with Gasteiger partial charge >= 0.3 is 0 Å². The molecule has 2 aromatic heterocycles. The summed E-state index contributed by atoms with van der Waals surface area (Å²) in [5, 5.41) is 12.4. The Morgan fingerprint density at radius 2 is 1.86 bits per heavy atom. The molecule has 2 fully saturated rings. The van der Waals surface area contributed by atoms with Gasteiger partial charge in [0.1, 0.15) is 42.2 Å². The standard InChI is InChI=1S/C20H21ClN4O4/c1-20(2)28-15-14(13(26)10-3-5-11(21)6-4-10)27-19(16(15)29-20)25-8-7-12-17(22)23-9-24-18(12)25/h3-9,13-16,19,26H,1-2H3,(H2,22,23,24)/t13-,14-,15-,16-,19-/m1/s1. The number of nitrogens with zero attached hydrogens (tertiary/aromatic N) is 3. The SMILES string of the molecule is CC1(C)O[C@H]2[C@@H](O1)[C@H](n1ccc3c(N)ncnc31)O[C@@H]2[C@H](O)c1ccc(Cl)cc1. The number of aliphatic hydroxyl groups excluding tert-OH is 1. The van der Waals surface area contributed by atoms with Crippen molar-refractivity contribution in [3.63, 3.8) is 0 Å². The Bertz CT molecular complexity index is 1050. The average Bonchev–Trinajstić information content (AvgIpc) is 3.33. The summed E-state index contributed by atoms with van der Waals surface area (Å²) >= 11 is 5.98. The van der Waals surface area contributed by atoms with Gasteiger partial charge in [-0.2, -0.15) is 0 Å². The Hall–Kier alpha value is -2.23. The number of nitrogens with two attached hydrogens (primary N) is 1. The molecule has 8 nitrogen and oxygen atoms in total. The molecule has 2 saturated heterocycles. The number of halogens is 1. The number of benzene rings is 1. The summed E-state index contributed by atoms with van der Waals surface area (Å²) in [4.78, 5) is 8.39. The van der Waals surface area contributed by atoms with Gasteiger partial charge in [-0.1, -0.05) is 23.7 Å². The van der Waals surface area contributed by atoms with Crippen LogP contribution in [0.25, 0.3) is 11.0 Å². The molecular formula is C20H21ClN4O4. The molecule has 0 bridgehead atoms. The van der Waals surface area contributed by atoms with Crippen LogP contribution in [0.2, 0.25) is 5.02 Å². The fourth-order valence-electron chi connectivity index (χ4n) is 4.13. The zero-order chi connectivity index (χ0) is 20.3. The second kappa shape index (κ2) is 6.65. The second-order valence-electron chi connectivity index (χ2n) is 7.77. The zero-order valence-electron chi connectivity index (χ0n) is 15.9. The Labute approximate surface area is 172 Å². The first-order valence-corrected chi connectivity index (χ1v) is 9.73. The lowest BCUT2D eigenvalue weighted by molar-refractivity contribution is -0.207. The molecule has 5 rings (SSSR count). The number of rotatable bonds is 3. The van der Waals surface area contributed by atoms with Crippen molar-refractivity contribution in [3.05, 3.63) is 53.4 Å². The largest absolute Gasteiger partial charge is 0.386 e. The van der Waals surface area contributed by atoms with Gasteiger partial charge in [0.15, 0.2) is 12.0 Å². The van der Waals surface area contributed by atoms with Gasteiger partial charge in [-0.05, 0) is 37.6 Å². The van der Waals surface area contributed by atoms with Crippen molar-refractivity contribution in [2.45, 2.75) is 50.3 Å². The van der Waals surface area contributed by atoms with Crippen molar-refractivity contribution in [1.82, 2.24) is 14.5 Å². The average molecular weight is 417 g/mol. The molecule has 2 aliphatic heterocycles. The van der Waals surface area contributed by atoms with E-state index in [9.17, 15) is 5.11 Å². The first-order valence-electron chi connectivity index (χ1n) is 9.36. The summed E-state index contributed by atoms with van der Waals surface area (Å²) in [5.41, 5.74) is 7.30. The molecule has 0 radical (unpaired) electrons. The minimum Gasteiger partial charge on any atom is -0.386 e. The topological polar surface area (TPSA) is 105 Å². The predicted octanol–water partition coefficient (Wildman–Crippen LogP) is 2.82.